The molecule has 8 heteroatoms. The predicted octanol–water partition coefficient (Wildman–Crippen LogP) is 3.05. The van der Waals surface area contributed by atoms with Crippen molar-refractivity contribution < 1.29 is 0 Å². The van der Waals surface area contributed by atoms with Gasteiger partial charge in [0, 0.05) is 36.6 Å². The molecule has 0 radical (unpaired) electrons. The molecule has 0 aliphatic carbocycles. The molecule has 4 heterocycles. The van der Waals surface area contributed by atoms with E-state index in [0.29, 0.717) is 22.6 Å². The minimum Gasteiger partial charge on any atom is -0.301 e. The molecule has 0 aliphatic heterocycles. The van der Waals surface area contributed by atoms with Crippen LogP contribution < -0.4 is 5.69 Å². The van der Waals surface area contributed by atoms with E-state index in [2.05, 4.69) is 26.2 Å². The Bertz CT molecular complexity index is 1500. The highest BCUT2D eigenvalue weighted by atomic mass is 16.1. The average molecular weight is 393 g/mol. The van der Waals surface area contributed by atoms with Crippen molar-refractivity contribution in [3.05, 3.63) is 83.3 Å². The molecule has 0 amide bonds. The standard InChI is InChI=1S/C22H15N7O/c1-28-13-20(29(22(28)30)18-4-2-3-14(7-18)10-23)19-9-15(5-6-24-19)16-8-17-12-26-27-21(17)25-11-16/h2-9,11-13H,1H3,(H,25,26,27). The molecule has 0 fully saturated rings. The van der Waals surface area contributed by atoms with Gasteiger partial charge >= 0.3 is 5.69 Å². The average Bonchev–Trinajstić information content (AvgIpc) is 3.37. The van der Waals surface area contributed by atoms with E-state index in [4.69, 9.17) is 0 Å². The number of nitriles is 1. The van der Waals surface area contributed by atoms with Gasteiger partial charge in [0.2, 0.25) is 0 Å². The SMILES string of the molecule is Cn1cc(-c2cc(-c3cnc4[nH]ncc4c3)ccn2)n(-c2cccc(C#N)c2)c1=O. The molecular formula is C22H15N7O. The van der Waals surface area contributed by atoms with Crippen molar-refractivity contribution in [1.29, 1.82) is 5.26 Å². The van der Waals surface area contributed by atoms with Gasteiger partial charge < -0.3 is 4.57 Å². The van der Waals surface area contributed by atoms with Gasteiger partial charge in [0.15, 0.2) is 5.65 Å². The van der Waals surface area contributed by atoms with Crippen LogP contribution in [0.5, 0.6) is 0 Å². The highest BCUT2D eigenvalue weighted by Crippen LogP contribution is 2.27. The van der Waals surface area contributed by atoms with E-state index < -0.39 is 0 Å². The fourth-order valence-electron chi connectivity index (χ4n) is 3.45. The van der Waals surface area contributed by atoms with Crippen LogP contribution in [-0.2, 0) is 7.05 Å². The van der Waals surface area contributed by atoms with Gasteiger partial charge in [-0.1, -0.05) is 6.07 Å². The summed E-state index contributed by atoms with van der Waals surface area (Å²) in [5.74, 6) is 0. The minimum absolute atomic E-state index is 0.214. The lowest BCUT2D eigenvalue weighted by Crippen LogP contribution is -2.21. The molecule has 5 aromatic rings. The molecule has 0 saturated heterocycles. The van der Waals surface area contributed by atoms with E-state index in [1.165, 1.54) is 4.57 Å². The van der Waals surface area contributed by atoms with Gasteiger partial charge in [-0.05, 0) is 42.0 Å². The summed E-state index contributed by atoms with van der Waals surface area (Å²) >= 11 is 0. The van der Waals surface area contributed by atoms with Crippen LogP contribution in [0.1, 0.15) is 5.56 Å². The Hall–Kier alpha value is -4.51. The van der Waals surface area contributed by atoms with Crippen molar-refractivity contribution in [2.75, 3.05) is 0 Å². The van der Waals surface area contributed by atoms with Crippen LogP contribution in [-0.4, -0.2) is 29.3 Å². The number of H-pyrrole nitrogens is 1. The van der Waals surface area contributed by atoms with Gasteiger partial charge in [-0.3, -0.25) is 14.6 Å². The van der Waals surface area contributed by atoms with Crippen molar-refractivity contribution in [3.63, 3.8) is 0 Å². The number of benzene rings is 1. The summed E-state index contributed by atoms with van der Waals surface area (Å²) in [6.07, 6.45) is 6.95. The third-order valence-corrected chi connectivity index (χ3v) is 4.93. The zero-order valence-electron chi connectivity index (χ0n) is 15.9. The molecule has 0 atom stereocenters. The van der Waals surface area contributed by atoms with Crippen molar-refractivity contribution >= 4 is 11.0 Å². The quantitative estimate of drug-likeness (QED) is 0.507. The van der Waals surface area contributed by atoms with Crippen LogP contribution in [0.15, 0.2) is 72.0 Å². The van der Waals surface area contributed by atoms with Crippen LogP contribution >= 0.6 is 0 Å². The Kier molecular flexibility index (Phi) is 4.00. The molecule has 8 nitrogen and oxygen atoms in total. The van der Waals surface area contributed by atoms with Crippen LogP contribution in [0.2, 0.25) is 0 Å². The Morgan fingerprint density at radius 1 is 1.07 bits per heavy atom. The third-order valence-electron chi connectivity index (χ3n) is 4.93. The van der Waals surface area contributed by atoms with Crippen LogP contribution in [0.3, 0.4) is 0 Å². The number of pyridine rings is 2. The molecule has 144 valence electrons. The molecule has 1 N–H and O–H groups in total. The van der Waals surface area contributed by atoms with Crippen molar-refractivity contribution in [1.82, 2.24) is 29.3 Å². The first kappa shape index (κ1) is 17.6. The van der Waals surface area contributed by atoms with Crippen molar-refractivity contribution in [3.8, 4) is 34.3 Å². The van der Waals surface area contributed by atoms with Gasteiger partial charge in [0.1, 0.15) is 0 Å². The highest BCUT2D eigenvalue weighted by Gasteiger charge is 2.15. The van der Waals surface area contributed by atoms with E-state index in [1.54, 1.807) is 60.7 Å². The van der Waals surface area contributed by atoms with Gasteiger partial charge in [0.25, 0.3) is 0 Å². The zero-order chi connectivity index (χ0) is 20.7. The van der Waals surface area contributed by atoms with Crippen molar-refractivity contribution in [2.24, 2.45) is 7.05 Å². The maximum absolute atomic E-state index is 12.8. The van der Waals surface area contributed by atoms with E-state index in [-0.39, 0.29) is 5.69 Å². The number of aromatic nitrogens is 6. The lowest BCUT2D eigenvalue weighted by atomic mass is 10.1. The molecule has 0 bridgehead atoms. The summed E-state index contributed by atoms with van der Waals surface area (Å²) in [5.41, 5.74) is 4.72. The molecular weight excluding hydrogens is 378 g/mol. The lowest BCUT2D eigenvalue weighted by molar-refractivity contribution is 0.824. The maximum atomic E-state index is 12.8. The van der Waals surface area contributed by atoms with Crippen LogP contribution in [0.25, 0.3) is 39.2 Å². The molecule has 0 spiro atoms. The molecule has 5 rings (SSSR count). The molecule has 1 aromatic carbocycles. The molecule has 0 aliphatic rings. The van der Waals surface area contributed by atoms with E-state index in [9.17, 15) is 10.1 Å². The Labute approximate surface area is 170 Å². The maximum Gasteiger partial charge on any atom is 0.333 e. The fourth-order valence-corrected chi connectivity index (χ4v) is 3.45. The largest absolute Gasteiger partial charge is 0.333 e. The number of aromatic amines is 1. The van der Waals surface area contributed by atoms with Gasteiger partial charge in [0.05, 0.1) is 34.9 Å². The fraction of sp³-hybridized carbons (Fsp3) is 0.0455. The number of aryl methyl sites for hydroxylation is 1. The first-order valence-corrected chi connectivity index (χ1v) is 9.19. The smallest absolute Gasteiger partial charge is 0.301 e. The highest BCUT2D eigenvalue weighted by molar-refractivity contribution is 5.81. The van der Waals surface area contributed by atoms with E-state index >= 15 is 0 Å². The van der Waals surface area contributed by atoms with Crippen LogP contribution in [0, 0.1) is 11.3 Å². The van der Waals surface area contributed by atoms with Crippen molar-refractivity contribution in [2.45, 2.75) is 0 Å². The number of rotatable bonds is 3. The number of hydrogen-bond donors (Lipinski definition) is 1. The molecule has 4 aromatic heterocycles. The van der Waals surface area contributed by atoms with Gasteiger partial charge in [-0.2, -0.15) is 10.4 Å². The van der Waals surface area contributed by atoms with E-state index in [0.717, 1.165) is 22.2 Å². The van der Waals surface area contributed by atoms with Gasteiger partial charge in [-0.25, -0.2) is 9.78 Å². The third kappa shape index (κ3) is 2.86. The minimum atomic E-state index is -0.214. The monoisotopic (exact) mass is 393 g/mol. The molecule has 30 heavy (non-hydrogen) atoms. The Morgan fingerprint density at radius 2 is 1.97 bits per heavy atom. The lowest BCUT2D eigenvalue weighted by Gasteiger charge is -2.09. The Balaban J connectivity index is 1.66. The number of imidazole rings is 1. The molecule has 0 unspecified atom stereocenters. The number of nitrogens with zero attached hydrogens (tertiary/aromatic N) is 6. The van der Waals surface area contributed by atoms with E-state index in [1.807, 2.05) is 18.2 Å². The number of fused-ring (bicyclic) bond motifs is 1. The summed E-state index contributed by atoms with van der Waals surface area (Å²) < 4.78 is 3.06. The second-order valence-corrected chi connectivity index (χ2v) is 6.87. The normalized spacial score (nSPS) is 10.9. The topological polar surface area (TPSA) is 105 Å². The summed E-state index contributed by atoms with van der Waals surface area (Å²) in [5, 5.41) is 17.0. The van der Waals surface area contributed by atoms with Crippen LogP contribution in [0.4, 0.5) is 0 Å². The zero-order valence-corrected chi connectivity index (χ0v) is 15.9. The molecule has 0 saturated carbocycles. The second-order valence-electron chi connectivity index (χ2n) is 6.87. The summed E-state index contributed by atoms with van der Waals surface area (Å²) in [6, 6.07) is 14.9. The first-order chi connectivity index (χ1) is 14.6. The first-order valence-electron chi connectivity index (χ1n) is 9.19. The summed E-state index contributed by atoms with van der Waals surface area (Å²) in [4.78, 5) is 21.7. The number of nitrogens with one attached hydrogen (secondary N) is 1. The predicted molar refractivity (Wildman–Crippen MR) is 112 cm³/mol. The summed E-state index contributed by atoms with van der Waals surface area (Å²) in [7, 11) is 1.69. The number of hydrogen-bond acceptors (Lipinski definition) is 5. The van der Waals surface area contributed by atoms with Gasteiger partial charge in [-0.15, -0.1) is 0 Å². The second kappa shape index (κ2) is 6.83. The summed E-state index contributed by atoms with van der Waals surface area (Å²) in [6.45, 7) is 0. The Morgan fingerprint density at radius 3 is 2.83 bits per heavy atom.